The third-order valence-corrected chi connectivity index (χ3v) is 3.61. The fourth-order valence-corrected chi connectivity index (χ4v) is 2.12. The first-order valence-electron chi connectivity index (χ1n) is 7.26. The SMILES string of the molecule is CNC(C)c1cccc(OCCc2ccc(OC)cc2)c1. The summed E-state index contributed by atoms with van der Waals surface area (Å²) in [5, 5.41) is 3.23. The summed E-state index contributed by atoms with van der Waals surface area (Å²) in [6.45, 7) is 2.81. The van der Waals surface area contributed by atoms with Crippen molar-refractivity contribution in [3.8, 4) is 11.5 Å². The topological polar surface area (TPSA) is 30.5 Å². The van der Waals surface area contributed by atoms with E-state index in [0.29, 0.717) is 12.6 Å². The van der Waals surface area contributed by atoms with E-state index < -0.39 is 0 Å². The van der Waals surface area contributed by atoms with Gasteiger partial charge in [0.2, 0.25) is 0 Å². The van der Waals surface area contributed by atoms with E-state index in [0.717, 1.165) is 17.9 Å². The molecule has 0 radical (unpaired) electrons. The highest BCUT2D eigenvalue weighted by molar-refractivity contribution is 5.31. The fraction of sp³-hybridized carbons (Fsp3) is 0.333. The summed E-state index contributed by atoms with van der Waals surface area (Å²) in [6.07, 6.45) is 0.885. The first-order chi connectivity index (χ1) is 10.2. The quantitative estimate of drug-likeness (QED) is 0.843. The van der Waals surface area contributed by atoms with Crippen LogP contribution in [0.15, 0.2) is 48.5 Å². The number of rotatable bonds is 7. The molecule has 0 aliphatic heterocycles. The molecule has 0 saturated heterocycles. The van der Waals surface area contributed by atoms with Gasteiger partial charge < -0.3 is 14.8 Å². The van der Waals surface area contributed by atoms with Crippen LogP contribution in [-0.2, 0) is 6.42 Å². The average Bonchev–Trinajstić information content (AvgIpc) is 2.55. The Morgan fingerprint density at radius 3 is 2.48 bits per heavy atom. The van der Waals surface area contributed by atoms with Gasteiger partial charge in [-0.25, -0.2) is 0 Å². The second-order valence-corrected chi connectivity index (χ2v) is 5.03. The molecular weight excluding hydrogens is 262 g/mol. The summed E-state index contributed by atoms with van der Waals surface area (Å²) in [4.78, 5) is 0. The molecule has 0 amide bonds. The minimum Gasteiger partial charge on any atom is -0.497 e. The molecule has 0 aliphatic rings. The Morgan fingerprint density at radius 2 is 1.81 bits per heavy atom. The monoisotopic (exact) mass is 285 g/mol. The van der Waals surface area contributed by atoms with Gasteiger partial charge in [0, 0.05) is 12.5 Å². The van der Waals surface area contributed by atoms with Crippen LogP contribution in [0.2, 0.25) is 0 Å². The minimum atomic E-state index is 0.329. The summed E-state index contributed by atoms with van der Waals surface area (Å²) in [6, 6.07) is 16.7. The second kappa shape index (κ2) is 7.70. The van der Waals surface area contributed by atoms with Gasteiger partial charge in [0.15, 0.2) is 0 Å². The largest absolute Gasteiger partial charge is 0.497 e. The van der Waals surface area contributed by atoms with E-state index in [-0.39, 0.29) is 0 Å². The molecule has 0 heterocycles. The lowest BCUT2D eigenvalue weighted by Crippen LogP contribution is -2.12. The lowest BCUT2D eigenvalue weighted by atomic mass is 10.1. The molecular formula is C18H23NO2. The molecule has 0 bridgehead atoms. The molecule has 1 N–H and O–H groups in total. The van der Waals surface area contributed by atoms with E-state index in [9.17, 15) is 0 Å². The third-order valence-electron chi connectivity index (χ3n) is 3.61. The van der Waals surface area contributed by atoms with Crippen LogP contribution in [0.3, 0.4) is 0 Å². The standard InChI is InChI=1S/C18H23NO2/c1-14(19-2)16-5-4-6-18(13-16)21-12-11-15-7-9-17(20-3)10-8-15/h4-10,13-14,19H,11-12H2,1-3H3. The van der Waals surface area contributed by atoms with Crippen molar-refractivity contribution in [1.82, 2.24) is 5.32 Å². The van der Waals surface area contributed by atoms with Gasteiger partial charge in [-0.05, 0) is 49.4 Å². The fourth-order valence-electron chi connectivity index (χ4n) is 2.12. The maximum atomic E-state index is 5.84. The normalized spacial score (nSPS) is 12.0. The minimum absolute atomic E-state index is 0.329. The van der Waals surface area contributed by atoms with Gasteiger partial charge in [0.25, 0.3) is 0 Å². The van der Waals surface area contributed by atoms with Crippen molar-refractivity contribution in [2.75, 3.05) is 20.8 Å². The molecule has 1 unspecified atom stereocenters. The molecule has 3 nitrogen and oxygen atoms in total. The van der Waals surface area contributed by atoms with Crippen LogP contribution in [0, 0.1) is 0 Å². The summed E-state index contributed by atoms with van der Waals surface area (Å²) in [7, 11) is 3.64. The Balaban J connectivity index is 1.87. The zero-order chi connectivity index (χ0) is 15.1. The van der Waals surface area contributed by atoms with Crippen molar-refractivity contribution in [2.45, 2.75) is 19.4 Å². The van der Waals surface area contributed by atoms with E-state index in [1.54, 1.807) is 7.11 Å². The second-order valence-electron chi connectivity index (χ2n) is 5.03. The third kappa shape index (κ3) is 4.50. The van der Waals surface area contributed by atoms with E-state index >= 15 is 0 Å². The van der Waals surface area contributed by atoms with Gasteiger partial charge in [-0.1, -0.05) is 24.3 Å². The van der Waals surface area contributed by atoms with Crippen LogP contribution >= 0.6 is 0 Å². The Morgan fingerprint density at radius 1 is 1.05 bits per heavy atom. The van der Waals surface area contributed by atoms with Gasteiger partial charge in [-0.15, -0.1) is 0 Å². The predicted octanol–water partition coefficient (Wildman–Crippen LogP) is 3.60. The molecule has 3 heteroatoms. The van der Waals surface area contributed by atoms with Crippen molar-refractivity contribution in [3.63, 3.8) is 0 Å². The Kier molecular flexibility index (Phi) is 5.64. The van der Waals surface area contributed by atoms with Crippen molar-refractivity contribution >= 4 is 0 Å². The maximum absolute atomic E-state index is 5.84. The highest BCUT2D eigenvalue weighted by Crippen LogP contribution is 2.19. The number of nitrogens with one attached hydrogen (secondary N) is 1. The van der Waals surface area contributed by atoms with Crippen LogP contribution in [0.25, 0.3) is 0 Å². The molecule has 112 valence electrons. The van der Waals surface area contributed by atoms with Gasteiger partial charge in [-0.3, -0.25) is 0 Å². The van der Waals surface area contributed by atoms with Gasteiger partial charge in [0.05, 0.1) is 13.7 Å². The molecule has 2 aromatic carbocycles. The Labute approximate surface area is 126 Å². The van der Waals surface area contributed by atoms with Crippen molar-refractivity contribution in [3.05, 3.63) is 59.7 Å². The maximum Gasteiger partial charge on any atom is 0.119 e. The van der Waals surface area contributed by atoms with E-state index in [1.807, 2.05) is 31.3 Å². The smallest absolute Gasteiger partial charge is 0.119 e. The summed E-state index contributed by atoms with van der Waals surface area (Å²) >= 11 is 0. The summed E-state index contributed by atoms with van der Waals surface area (Å²) < 4.78 is 11.0. The van der Waals surface area contributed by atoms with Gasteiger partial charge in [-0.2, -0.15) is 0 Å². The number of hydrogen-bond acceptors (Lipinski definition) is 3. The zero-order valence-electron chi connectivity index (χ0n) is 12.9. The summed E-state index contributed by atoms with van der Waals surface area (Å²) in [5.74, 6) is 1.80. The molecule has 0 aliphatic carbocycles. The Bertz CT molecular complexity index is 551. The number of ether oxygens (including phenoxy) is 2. The average molecular weight is 285 g/mol. The molecule has 0 aromatic heterocycles. The molecule has 2 aromatic rings. The number of hydrogen-bond donors (Lipinski definition) is 1. The number of methoxy groups -OCH3 is 1. The highest BCUT2D eigenvalue weighted by Gasteiger charge is 2.03. The van der Waals surface area contributed by atoms with E-state index in [4.69, 9.17) is 9.47 Å². The molecule has 21 heavy (non-hydrogen) atoms. The van der Waals surface area contributed by atoms with Crippen LogP contribution in [-0.4, -0.2) is 20.8 Å². The van der Waals surface area contributed by atoms with E-state index in [2.05, 4.69) is 36.5 Å². The number of benzene rings is 2. The van der Waals surface area contributed by atoms with Crippen LogP contribution in [0.4, 0.5) is 0 Å². The summed E-state index contributed by atoms with van der Waals surface area (Å²) in [5.41, 5.74) is 2.48. The molecule has 0 fully saturated rings. The first kappa shape index (κ1) is 15.4. The van der Waals surface area contributed by atoms with Crippen LogP contribution in [0.5, 0.6) is 11.5 Å². The van der Waals surface area contributed by atoms with Crippen molar-refractivity contribution in [2.24, 2.45) is 0 Å². The molecule has 2 rings (SSSR count). The highest BCUT2D eigenvalue weighted by atomic mass is 16.5. The Hall–Kier alpha value is -2.00. The van der Waals surface area contributed by atoms with Crippen LogP contribution < -0.4 is 14.8 Å². The van der Waals surface area contributed by atoms with Crippen molar-refractivity contribution in [1.29, 1.82) is 0 Å². The first-order valence-corrected chi connectivity index (χ1v) is 7.26. The zero-order valence-corrected chi connectivity index (χ0v) is 12.9. The van der Waals surface area contributed by atoms with Gasteiger partial charge in [0.1, 0.15) is 11.5 Å². The molecule has 0 spiro atoms. The van der Waals surface area contributed by atoms with Gasteiger partial charge >= 0.3 is 0 Å². The lowest BCUT2D eigenvalue weighted by Gasteiger charge is -2.13. The molecule has 1 atom stereocenters. The van der Waals surface area contributed by atoms with Crippen molar-refractivity contribution < 1.29 is 9.47 Å². The van der Waals surface area contributed by atoms with Crippen LogP contribution in [0.1, 0.15) is 24.1 Å². The molecule has 0 saturated carbocycles. The predicted molar refractivity (Wildman–Crippen MR) is 86.1 cm³/mol. The lowest BCUT2D eigenvalue weighted by molar-refractivity contribution is 0.321. The van der Waals surface area contributed by atoms with E-state index in [1.165, 1.54) is 11.1 Å².